The first-order valence-electron chi connectivity index (χ1n) is 10.4. The molecule has 4 rings (SSSR count). The number of anilines is 1. The smallest absolute Gasteiger partial charge is 0.318 e. The zero-order valence-electron chi connectivity index (χ0n) is 18.3. The van der Waals surface area contributed by atoms with Crippen molar-refractivity contribution in [1.82, 2.24) is 9.88 Å². The molecule has 33 heavy (non-hydrogen) atoms. The second-order valence-corrected chi connectivity index (χ2v) is 8.55. The van der Waals surface area contributed by atoms with Crippen LogP contribution < -0.4 is 10.2 Å². The lowest BCUT2D eigenvalue weighted by Crippen LogP contribution is -2.54. The average molecular weight is 482 g/mol. The molecule has 2 heterocycles. The molecule has 1 aromatic heterocycles. The van der Waals surface area contributed by atoms with Crippen molar-refractivity contribution >= 4 is 52.8 Å². The number of nitrogens with zero attached hydrogens (tertiary/aromatic N) is 2. The van der Waals surface area contributed by atoms with Crippen LogP contribution >= 0.6 is 23.2 Å². The number of nitrogens with one attached hydrogen (secondary N) is 1. The number of aryl methyl sites for hydroxylation is 2. The van der Waals surface area contributed by atoms with Gasteiger partial charge in [-0.15, -0.1) is 0 Å². The van der Waals surface area contributed by atoms with Crippen molar-refractivity contribution in [2.75, 3.05) is 4.90 Å². The minimum Gasteiger partial charge on any atom is -0.318 e. The summed E-state index contributed by atoms with van der Waals surface area (Å²) in [6.45, 7) is 5.80. The molecule has 6 nitrogen and oxygen atoms in total. The van der Waals surface area contributed by atoms with E-state index in [1.165, 1.54) is 6.08 Å². The van der Waals surface area contributed by atoms with Crippen LogP contribution in [0.5, 0.6) is 0 Å². The molecule has 0 saturated carbocycles. The maximum absolute atomic E-state index is 13.2. The standard InChI is InChI=1S/C25H21Cl2N3O3/c1-4-16-5-7-18(8-6-16)30-24(32)20(23(31)28-25(30)33)12-17-11-14(2)29(15(17)3)19-9-10-21(26)22(27)13-19/h5-13H,4H2,1-3H3,(H,28,31,33)/b20-12+. The van der Waals surface area contributed by atoms with Crippen LogP contribution in [0.25, 0.3) is 11.8 Å². The molecule has 0 radical (unpaired) electrons. The normalized spacial score (nSPS) is 15.4. The zero-order chi connectivity index (χ0) is 23.9. The number of urea groups is 1. The number of benzene rings is 2. The number of carbonyl (C=O) groups excluding carboxylic acids is 3. The van der Waals surface area contributed by atoms with Gasteiger partial charge in [0.1, 0.15) is 5.57 Å². The maximum atomic E-state index is 13.2. The van der Waals surface area contributed by atoms with E-state index < -0.39 is 17.8 Å². The first-order valence-corrected chi connectivity index (χ1v) is 11.1. The quantitative estimate of drug-likeness (QED) is 0.387. The second-order valence-electron chi connectivity index (χ2n) is 7.74. The number of carbonyl (C=O) groups is 3. The number of hydrogen-bond acceptors (Lipinski definition) is 3. The summed E-state index contributed by atoms with van der Waals surface area (Å²) in [7, 11) is 0. The van der Waals surface area contributed by atoms with Crippen molar-refractivity contribution in [1.29, 1.82) is 0 Å². The van der Waals surface area contributed by atoms with Crippen LogP contribution in [0.4, 0.5) is 10.5 Å². The fraction of sp³-hybridized carbons (Fsp3) is 0.160. The van der Waals surface area contributed by atoms with Crippen molar-refractivity contribution < 1.29 is 14.4 Å². The highest BCUT2D eigenvalue weighted by atomic mass is 35.5. The molecule has 0 unspecified atom stereocenters. The highest BCUT2D eigenvalue weighted by Gasteiger charge is 2.37. The van der Waals surface area contributed by atoms with E-state index >= 15 is 0 Å². The summed E-state index contributed by atoms with van der Waals surface area (Å²) in [6, 6.07) is 13.5. The van der Waals surface area contributed by atoms with Gasteiger partial charge < -0.3 is 4.57 Å². The van der Waals surface area contributed by atoms with Gasteiger partial charge in [-0.05, 0) is 73.9 Å². The highest BCUT2D eigenvalue weighted by molar-refractivity contribution is 6.42. The first-order chi connectivity index (χ1) is 15.7. The van der Waals surface area contributed by atoms with Crippen molar-refractivity contribution in [3.05, 3.63) is 86.7 Å². The fourth-order valence-corrected chi connectivity index (χ4v) is 4.18. The van der Waals surface area contributed by atoms with Crippen LogP contribution in [-0.4, -0.2) is 22.4 Å². The van der Waals surface area contributed by atoms with Crippen molar-refractivity contribution in [2.45, 2.75) is 27.2 Å². The minimum atomic E-state index is -0.771. The summed E-state index contributed by atoms with van der Waals surface area (Å²) in [4.78, 5) is 39.2. The summed E-state index contributed by atoms with van der Waals surface area (Å²) < 4.78 is 1.95. The summed E-state index contributed by atoms with van der Waals surface area (Å²) in [6.07, 6.45) is 2.34. The maximum Gasteiger partial charge on any atom is 0.335 e. The number of amides is 4. The Kier molecular flexibility index (Phi) is 6.15. The lowest BCUT2D eigenvalue weighted by molar-refractivity contribution is -0.122. The van der Waals surface area contributed by atoms with Gasteiger partial charge >= 0.3 is 6.03 Å². The number of halogens is 2. The average Bonchev–Trinajstić information content (AvgIpc) is 3.06. The Balaban J connectivity index is 1.74. The summed E-state index contributed by atoms with van der Waals surface area (Å²) in [5.41, 5.74) is 4.51. The molecular formula is C25H21Cl2N3O3. The molecule has 8 heteroatoms. The number of rotatable bonds is 4. The van der Waals surface area contributed by atoms with E-state index in [2.05, 4.69) is 5.32 Å². The Morgan fingerprint density at radius 1 is 0.909 bits per heavy atom. The Labute approximate surface area is 201 Å². The zero-order valence-corrected chi connectivity index (χ0v) is 19.8. The van der Waals surface area contributed by atoms with Crippen LogP contribution in [0.15, 0.2) is 54.1 Å². The van der Waals surface area contributed by atoms with E-state index in [0.29, 0.717) is 21.3 Å². The van der Waals surface area contributed by atoms with E-state index in [1.807, 2.05) is 49.6 Å². The molecule has 1 aliphatic heterocycles. The van der Waals surface area contributed by atoms with Gasteiger partial charge in [0.2, 0.25) is 0 Å². The molecule has 4 amide bonds. The summed E-state index contributed by atoms with van der Waals surface area (Å²) in [5, 5.41) is 3.14. The van der Waals surface area contributed by atoms with Crippen molar-refractivity contribution in [2.24, 2.45) is 0 Å². The molecule has 1 saturated heterocycles. The monoisotopic (exact) mass is 481 g/mol. The Hall–Kier alpha value is -3.35. The van der Waals surface area contributed by atoms with Gasteiger partial charge in [0.15, 0.2) is 0 Å². The second kappa shape index (κ2) is 8.89. The fourth-order valence-electron chi connectivity index (χ4n) is 3.88. The van der Waals surface area contributed by atoms with Gasteiger partial charge in [-0.3, -0.25) is 14.9 Å². The molecule has 0 aliphatic carbocycles. The third-order valence-corrected chi connectivity index (χ3v) is 6.37. The summed E-state index contributed by atoms with van der Waals surface area (Å²) >= 11 is 12.2. The van der Waals surface area contributed by atoms with Crippen molar-refractivity contribution in [3.63, 3.8) is 0 Å². The molecule has 1 N–H and O–H groups in total. The van der Waals surface area contributed by atoms with Gasteiger partial charge in [0, 0.05) is 17.1 Å². The number of imide groups is 2. The molecule has 0 spiro atoms. The molecule has 1 fully saturated rings. The lowest BCUT2D eigenvalue weighted by atomic mass is 10.1. The van der Waals surface area contributed by atoms with Gasteiger partial charge in [-0.2, -0.15) is 0 Å². The van der Waals surface area contributed by atoms with Crippen LogP contribution in [-0.2, 0) is 16.0 Å². The SMILES string of the molecule is CCc1ccc(N2C(=O)NC(=O)/C(=C\c3cc(C)n(-c4ccc(Cl)c(Cl)c4)c3C)C2=O)cc1. The van der Waals surface area contributed by atoms with Crippen LogP contribution in [0.1, 0.15) is 29.4 Å². The number of barbiturate groups is 1. The first kappa shape index (κ1) is 22.8. The molecule has 168 valence electrons. The van der Waals surface area contributed by atoms with E-state index in [4.69, 9.17) is 23.2 Å². The largest absolute Gasteiger partial charge is 0.335 e. The number of aromatic nitrogens is 1. The predicted molar refractivity (Wildman–Crippen MR) is 130 cm³/mol. The van der Waals surface area contributed by atoms with Crippen LogP contribution in [0.2, 0.25) is 10.0 Å². The molecule has 0 atom stereocenters. The molecule has 1 aliphatic rings. The highest BCUT2D eigenvalue weighted by Crippen LogP contribution is 2.29. The summed E-state index contributed by atoms with van der Waals surface area (Å²) in [5.74, 6) is -1.40. The third kappa shape index (κ3) is 4.19. The molecule has 3 aromatic rings. The van der Waals surface area contributed by atoms with E-state index in [0.717, 1.165) is 34.0 Å². The van der Waals surface area contributed by atoms with Gasteiger partial charge in [-0.25, -0.2) is 9.69 Å². The van der Waals surface area contributed by atoms with Gasteiger partial charge in [0.05, 0.1) is 15.7 Å². The van der Waals surface area contributed by atoms with E-state index in [-0.39, 0.29) is 5.57 Å². The Bertz CT molecular complexity index is 1320. The Morgan fingerprint density at radius 3 is 2.21 bits per heavy atom. The van der Waals surface area contributed by atoms with Crippen LogP contribution in [0.3, 0.4) is 0 Å². The van der Waals surface area contributed by atoms with Crippen LogP contribution in [0, 0.1) is 13.8 Å². The van der Waals surface area contributed by atoms with Gasteiger partial charge in [-0.1, -0.05) is 42.3 Å². The minimum absolute atomic E-state index is 0.122. The molecular weight excluding hydrogens is 461 g/mol. The molecule has 2 aromatic carbocycles. The predicted octanol–water partition coefficient (Wildman–Crippen LogP) is 5.63. The topological polar surface area (TPSA) is 71.4 Å². The Morgan fingerprint density at radius 2 is 1.58 bits per heavy atom. The van der Waals surface area contributed by atoms with E-state index in [9.17, 15) is 14.4 Å². The number of hydrogen-bond donors (Lipinski definition) is 1. The third-order valence-electron chi connectivity index (χ3n) is 5.64. The van der Waals surface area contributed by atoms with E-state index in [1.54, 1.807) is 24.3 Å². The van der Waals surface area contributed by atoms with Crippen molar-refractivity contribution in [3.8, 4) is 5.69 Å². The molecule has 0 bridgehead atoms. The lowest BCUT2D eigenvalue weighted by Gasteiger charge is -2.26. The van der Waals surface area contributed by atoms with Gasteiger partial charge in [0.25, 0.3) is 11.8 Å².